The lowest BCUT2D eigenvalue weighted by atomic mass is 10.1. The molecule has 6 heteroatoms. The Kier molecular flexibility index (Phi) is 3.50. The van der Waals surface area contributed by atoms with Crippen LogP contribution in [0.4, 0.5) is 5.69 Å². The van der Waals surface area contributed by atoms with Crippen molar-refractivity contribution < 1.29 is 9.66 Å². The first kappa shape index (κ1) is 15.0. The number of nitrogens with one attached hydrogen (secondary N) is 1. The molecule has 4 rings (SSSR count). The van der Waals surface area contributed by atoms with Crippen LogP contribution in [0.15, 0.2) is 67.1 Å². The summed E-state index contributed by atoms with van der Waals surface area (Å²) in [5, 5.41) is 11.9. The van der Waals surface area contributed by atoms with Crippen molar-refractivity contribution in [3.8, 4) is 22.6 Å². The summed E-state index contributed by atoms with van der Waals surface area (Å²) in [7, 11) is 2.00. The average Bonchev–Trinajstić information content (AvgIpc) is 3.25. The molecule has 1 N–H and O–H groups in total. The van der Waals surface area contributed by atoms with E-state index in [4.69, 9.17) is 4.74 Å². The number of aryl methyl sites for hydroxylation is 1. The van der Waals surface area contributed by atoms with Crippen molar-refractivity contribution in [1.29, 1.82) is 0 Å². The third-order valence-corrected chi connectivity index (χ3v) is 4.17. The molecule has 124 valence electrons. The molecule has 2 aromatic carbocycles. The Morgan fingerprint density at radius 3 is 2.60 bits per heavy atom. The number of benzene rings is 2. The van der Waals surface area contributed by atoms with Crippen LogP contribution in [0.5, 0.6) is 11.5 Å². The quantitative estimate of drug-likeness (QED) is 0.427. The molecule has 0 radical (unpaired) electrons. The highest BCUT2D eigenvalue weighted by Crippen LogP contribution is 2.37. The number of aromatic nitrogens is 2. The minimum absolute atomic E-state index is 0.0386. The summed E-state index contributed by atoms with van der Waals surface area (Å²) in [6, 6.07) is 14.2. The van der Waals surface area contributed by atoms with E-state index in [1.54, 1.807) is 12.1 Å². The van der Waals surface area contributed by atoms with Gasteiger partial charge in [-0.25, -0.2) is 0 Å². The molecular formula is C19H15N3O3. The SMILES string of the molecule is Cn1ccc2cc(Oc3ccc([N+](=O)[O-])cc3)c(-c3cc[nH]c3)cc21. The summed E-state index contributed by atoms with van der Waals surface area (Å²) in [6.45, 7) is 0. The largest absolute Gasteiger partial charge is 0.457 e. The topological polar surface area (TPSA) is 73.1 Å². The van der Waals surface area contributed by atoms with E-state index in [0.29, 0.717) is 11.5 Å². The fraction of sp³-hybridized carbons (Fsp3) is 0.0526. The average molecular weight is 333 g/mol. The number of nitro benzene ring substituents is 1. The Morgan fingerprint density at radius 2 is 1.92 bits per heavy atom. The maximum absolute atomic E-state index is 10.8. The number of hydrogen-bond donors (Lipinski definition) is 1. The van der Waals surface area contributed by atoms with Crippen LogP contribution in [0, 0.1) is 10.1 Å². The Balaban J connectivity index is 1.79. The highest BCUT2D eigenvalue weighted by Gasteiger charge is 2.13. The number of H-pyrrole nitrogens is 1. The van der Waals surface area contributed by atoms with Gasteiger partial charge in [-0.1, -0.05) is 0 Å². The van der Waals surface area contributed by atoms with Crippen molar-refractivity contribution in [2.24, 2.45) is 7.05 Å². The predicted molar refractivity (Wildman–Crippen MR) is 95.9 cm³/mol. The number of hydrogen-bond acceptors (Lipinski definition) is 3. The molecule has 0 saturated heterocycles. The van der Waals surface area contributed by atoms with Gasteiger partial charge in [-0.3, -0.25) is 10.1 Å². The standard InChI is InChI=1S/C19H15N3O3/c1-21-9-7-13-10-19(17(11-18(13)21)14-6-8-20-12-14)25-16-4-2-15(3-5-16)22(23)24/h2-12,20H,1H3. The van der Waals surface area contributed by atoms with Crippen LogP contribution in [0.3, 0.4) is 0 Å². The lowest BCUT2D eigenvalue weighted by Crippen LogP contribution is -1.91. The highest BCUT2D eigenvalue weighted by atomic mass is 16.6. The van der Waals surface area contributed by atoms with Gasteiger partial charge < -0.3 is 14.3 Å². The zero-order valence-corrected chi connectivity index (χ0v) is 13.5. The van der Waals surface area contributed by atoms with Crippen molar-refractivity contribution in [3.63, 3.8) is 0 Å². The van der Waals surface area contributed by atoms with Crippen LogP contribution < -0.4 is 4.74 Å². The number of ether oxygens (including phenoxy) is 1. The fourth-order valence-corrected chi connectivity index (χ4v) is 2.86. The number of aromatic amines is 1. The fourth-order valence-electron chi connectivity index (χ4n) is 2.86. The van der Waals surface area contributed by atoms with Crippen LogP contribution in [-0.2, 0) is 7.05 Å². The molecule has 0 spiro atoms. The Labute approximate surface area is 143 Å². The van der Waals surface area contributed by atoms with Gasteiger partial charge in [0, 0.05) is 59.8 Å². The van der Waals surface area contributed by atoms with Crippen molar-refractivity contribution in [1.82, 2.24) is 9.55 Å². The molecule has 4 aromatic rings. The number of non-ortho nitro benzene ring substituents is 1. The van der Waals surface area contributed by atoms with Gasteiger partial charge in [0.1, 0.15) is 11.5 Å². The zero-order valence-electron chi connectivity index (χ0n) is 13.5. The third-order valence-electron chi connectivity index (χ3n) is 4.17. The second-order valence-electron chi connectivity index (χ2n) is 5.79. The van der Waals surface area contributed by atoms with Gasteiger partial charge in [0.25, 0.3) is 5.69 Å². The monoisotopic (exact) mass is 333 g/mol. The molecule has 0 atom stereocenters. The van der Waals surface area contributed by atoms with Crippen molar-refractivity contribution in [3.05, 3.63) is 77.2 Å². The van der Waals surface area contributed by atoms with E-state index >= 15 is 0 Å². The summed E-state index contributed by atoms with van der Waals surface area (Å²) < 4.78 is 8.10. The molecule has 0 bridgehead atoms. The highest BCUT2D eigenvalue weighted by molar-refractivity contribution is 5.89. The normalized spacial score (nSPS) is 10.9. The third kappa shape index (κ3) is 2.74. The molecule has 0 saturated carbocycles. The van der Waals surface area contributed by atoms with E-state index in [-0.39, 0.29) is 5.69 Å². The molecule has 0 amide bonds. The van der Waals surface area contributed by atoms with E-state index < -0.39 is 4.92 Å². The smallest absolute Gasteiger partial charge is 0.269 e. The van der Waals surface area contributed by atoms with Gasteiger partial charge in [-0.05, 0) is 36.4 Å². The molecule has 25 heavy (non-hydrogen) atoms. The van der Waals surface area contributed by atoms with E-state index in [0.717, 1.165) is 22.0 Å². The summed E-state index contributed by atoms with van der Waals surface area (Å²) in [5.41, 5.74) is 3.11. The first-order chi connectivity index (χ1) is 12.1. The Hall–Kier alpha value is -3.54. The van der Waals surface area contributed by atoms with Gasteiger partial charge in [0.05, 0.1) is 4.92 Å². The lowest BCUT2D eigenvalue weighted by Gasteiger charge is -2.12. The summed E-state index contributed by atoms with van der Waals surface area (Å²) in [5.74, 6) is 1.25. The van der Waals surface area contributed by atoms with E-state index in [2.05, 4.69) is 15.6 Å². The number of fused-ring (bicyclic) bond motifs is 1. The molecule has 2 aromatic heterocycles. The maximum Gasteiger partial charge on any atom is 0.269 e. The number of rotatable bonds is 4. The number of nitro groups is 1. The predicted octanol–water partition coefficient (Wildman–Crippen LogP) is 4.87. The van der Waals surface area contributed by atoms with E-state index in [1.165, 1.54) is 12.1 Å². The van der Waals surface area contributed by atoms with Crippen molar-refractivity contribution >= 4 is 16.6 Å². The molecule has 0 unspecified atom stereocenters. The van der Waals surface area contributed by atoms with Crippen LogP contribution in [0.25, 0.3) is 22.0 Å². The summed E-state index contributed by atoms with van der Waals surface area (Å²) in [6.07, 6.45) is 5.77. The van der Waals surface area contributed by atoms with Crippen LogP contribution >= 0.6 is 0 Å². The first-order valence-corrected chi connectivity index (χ1v) is 7.76. The molecule has 0 fully saturated rings. The van der Waals surface area contributed by atoms with Crippen LogP contribution in [0.2, 0.25) is 0 Å². The van der Waals surface area contributed by atoms with Gasteiger partial charge in [-0.2, -0.15) is 0 Å². The lowest BCUT2D eigenvalue weighted by molar-refractivity contribution is -0.384. The molecule has 6 nitrogen and oxygen atoms in total. The zero-order chi connectivity index (χ0) is 17.4. The summed E-state index contributed by atoms with van der Waals surface area (Å²) in [4.78, 5) is 13.4. The van der Waals surface area contributed by atoms with Crippen LogP contribution in [-0.4, -0.2) is 14.5 Å². The van der Waals surface area contributed by atoms with Crippen molar-refractivity contribution in [2.45, 2.75) is 0 Å². The van der Waals surface area contributed by atoms with Crippen LogP contribution in [0.1, 0.15) is 0 Å². The maximum atomic E-state index is 10.8. The second-order valence-corrected chi connectivity index (χ2v) is 5.79. The van der Waals surface area contributed by atoms with Gasteiger partial charge in [0.2, 0.25) is 0 Å². The minimum Gasteiger partial charge on any atom is -0.457 e. The van der Waals surface area contributed by atoms with Crippen molar-refractivity contribution in [2.75, 3.05) is 0 Å². The Bertz CT molecular complexity index is 1050. The molecule has 0 aliphatic rings. The summed E-state index contributed by atoms with van der Waals surface area (Å²) >= 11 is 0. The Morgan fingerprint density at radius 1 is 1.12 bits per heavy atom. The van der Waals surface area contributed by atoms with Gasteiger partial charge in [0.15, 0.2) is 0 Å². The molecule has 2 heterocycles. The minimum atomic E-state index is -0.426. The molecular weight excluding hydrogens is 318 g/mol. The number of nitrogens with zero attached hydrogens (tertiary/aromatic N) is 2. The van der Waals surface area contributed by atoms with Gasteiger partial charge >= 0.3 is 0 Å². The molecule has 0 aliphatic heterocycles. The van der Waals surface area contributed by atoms with Gasteiger partial charge in [-0.15, -0.1) is 0 Å². The van der Waals surface area contributed by atoms with E-state index in [1.807, 2.05) is 43.8 Å². The van der Waals surface area contributed by atoms with E-state index in [9.17, 15) is 10.1 Å². The molecule has 0 aliphatic carbocycles. The first-order valence-electron chi connectivity index (χ1n) is 7.76. The second kappa shape index (κ2) is 5.83.